The molecule has 0 fully saturated rings. The normalized spacial score (nSPS) is 9.69. The number of unbranched alkanes of at least 4 members (excludes halogenated alkanes) is 1. The average molecular weight is 207 g/mol. The third-order valence-corrected chi connectivity index (χ3v) is 3.79. The topological polar surface area (TPSA) is 44.5 Å². The zero-order chi connectivity index (χ0) is 10.5. The van der Waals surface area contributed by atoms with E-state index in [4.69, 9.17) is 8.85 Å². The van der Waals surface area contributed by atoms with Gasteiger partial charge in [-0.25, -0.2) is 0 Å². The van der Waals surface area contributed by atoms with Gasteiger partial charge in [-0.2, -0.15) is 0 Å². The Balaban J connectivity index is 0. The van der Waals surface area contributed by atoms with Gasteiger partial charge in [0, 0.05) is 13.2 Å². The summed E-state index contributed by atoms with van der Waals surface area (Å²) in [5.41, 5.74) is 4.50. The van der Waals surface area contributed by atoms with Crippen molar-refractivity contribution in [2.24, 2.45) is 5.73 Å². The first kappa shape index (κ1) is 15.6. The van der Waals surface area contributed by atoms with Crippen LogP contribution in [0.25, 0.3) is 0 Å². The van der Waals surface area contributed by atoms with Gasteiger partial charge in [0.05, 0.1) is 0 Å². The van der Waals surface area contributed by atoms with E-state index in [9.17, 15) is 0 Å². The molecule has 0 aliphatic heterocycles. The van der Waals surface area contributed by atoms with Crippen LogP contribution in [0.1, 0.15) is 33.6 Å². The Morgan fingerprint density at radius 2 is 1.46 bits per heavy atom. The molecule has 0 aromatic heterocycles. The lowest BCUT2D eigenvalue weighted by Crippen LogP contribution is -2.22. The van der Waals surface area contributed by atoms with Gasteiger partial charge in [0.1, 0.15) is 0 Å². The highest BCUT2D eigenvalue weighted by Crippen LogP contribution is 2.03. The Bertz CT molecular complexity index is 78.0. The van der Waals surface area contributed by atoms with Gasteiger partial charge in [-0.3, -0.25) is 0 Å². The Morgan fingerprint density at radius 1 is 1.00 bits per heavy atom. The third-order valence-electron chi connectivity index (χ3n) is 1.50. The minimum absolute atomic E-state index is 0.806. The molecule has 0 radical (unpaired) electrons. The second kappa shape index (κ2) is 14.6. The predicted octanol–water partition coefficient (Wildman–Crippen LogP) is 1.65. The van der Waals surface area contributed by atoms with Crippen molar-refractivity contribution in [1.29, 1.82) is 0 Å². The van der Waals surface area contributed by atoms with E-state index in [2.05, 4.69) is 12.7 Å². The molecule has 0 unspecified atom stereocenters. The third kappa shape index (κ3) is 12.1. The van der Waals surface area contributed by atoms with Crippen molar-refractivity contribution in [2.45, 2.75) is 39.7 Å². The molecule has 2 N–H and O–H groups in total. The highest BCUT2D eigenvalue weighted by molar-refractivity contribution is 6.44. The first-order valence-electron chi connectivity index (χ1n) is 5.16. The second-order valence-corrected chi connectivity index (χ2v) is 4.59. The van der Waals surface area contributed by atoms with Crippen molar-refractivity contribution < 1.29 is 8.85 Å². The van der Waals surface area contributed by atoms with Crippen LogP contribution in [-0.2, 0) is 8.85 Å². The van der Waals surface area contributed by atoms with Crippen LogP contribution in [-0.4, -0.2) is 29.5 Å². The molecule has 3 nitrogen and oxygen atoms in total. The quantitative estimate of drug-likeness (QED) is 0.646. The van der Waals surface area contributed by atoms with Gasteiger partial charge in [-0.05, 0) is 26.9 Å². The molecule has 0 saturated heterocycles. The summed E-state index contributed by atoms with van der Waals surface area (Å²) in [5.74, 6) is 0. The van der Waals surface area contributed by atoms with E-state index in [0.717, 1.165) is 19.3 Å². The maximum Gasteiger partial charge on any atom is 0.321 e. The van der Waals surface area contributed by atoms with E-state index in [1.165, 1.54) is 19.9 Å². The minimum Gasteiger partial charge on any atom is -0.397 e. The van der Waals surface area contributed by atoms with Gasteiger partial charge < -0.3 is 14.6 Å². The Morgan fingerprint density at radius 3 is 1.77 bits per heavy atom. The SMILES string of the molecule is CCCC[SiH](OCC)OCC.CN. The summed E-state index contributed by atoms with van der Waals surface area (Å²) < 4.78 is 11.0. The summed E-state index contributed by atoms with van der Waals surface area (Å²) >= 11 is 0. The molecule has 4 heteroatoms. The molecular formula is C9H25NO2Si. The molecule has 0 aromatic carbocycles. The highest BCUT2D eigenvalue weighted by atomic mass is 28.3. The molecule has 13 heavy (non-hydrogen) atoms. The van der Waals surface area contributed by atoms with Gasteiger partial charge >= 0.3 is 9.28 Å². The van der Waals surface area contributed by atoms with E-state index in [0.29, 0.717) is 0 Å². The number of hydrogen-bond acceptors (Lipinski definition) is 3. The average Bonchev–Trinajstić information content (AvgIpc) is 2.18. The lowest BCUT2D eigenvalue weighted by molar-refractivity contribution is 0.213. The van der Waals surface area contributed by atoms with Crippen LogP contribution in [0.5, 0.6) is 0 Å². The van der Waals surface area contributed by atoms with Crippen LogP contribution in [0.4, 0.5) is 0 Å². The molecule has 0 rings (SSSR count). The Kier molecular flexibility index (Phi) is 17.5. The maximum atomic E-state index is 5.50. The van der Waals surface area contributed by atoms with Crippen molar-refractivity contribution in [3.8, 4) is 0 Å². The number of rotatable bonds is 7. The van der Waals surface area contributed by atoms with Gasteiger partial charge in [-0.1, -0.05) is 19.8 Å². The van der Waals surface area contributed by atoms with Crippen molar-refractivity contribution in [3.05, 3.63) is 0 Å². The molecule has 0 aliphatic carbocycles. The largest absolute Gasteiger partial charge is 0.397 e. The van der Waals surface area contributed by atoms with Crippen LogP contribution in [0, 0.1) is 0 Å². The summed E-state index contributed by atoms with van der Waals surface area (Å²) in [6.07, 6.45) is 2.49. The van der Waals surface area contributed by atoms with Crippen LogP contribution in [0.3, 0.4) is 0 Å². The standard InChI is InChI=1S/C8H20O2Si.CH5N/c1-4-7-8-11(9-5-2)10-6-3;1-2/h11H,4-8H2,1-3H3;2H2,1H3. The van der Waals surface area contributed by atoms with Crippen LogP contribution in [0.15, 0.2) is 0 Å². The number of nitrogens with two attached hydrogens (primary N) is 1. The van der Waals surface area contributed by atoms with Crippen LogP contribution >= 0.6 is 0 Å². The fourth-order valence-corrected chi connectivity index (χ4v) is 2.87. The maximum absolute atomic E-state index is 5.50. The fourth-order valence-electron chi connectivity index (χ4n) is 0.957. The summed E-state index contributed by atoms with van der Waals surface area (Å²) in [7, 11) is 0.249. The van der Waals surface area contributed by atoms with Crippen molar-refractivity contribution in [3.63, 3.8) is 0 Å². The molecule has 0 saturated carbocycles. The molecule has 0 bridgehead atoms. The lowest BCUT2D eigenvalue weighted by Gasteiger charge is -2.13. The van der Waals surface area contributed by atoms with E-state index in [-0.39, 0.29) is 0 Å². The monoisotopic (exact) mass is 207 g/mol. The summed E-state index contributed by atoms with van der Waals surface area (Å²) in [4.78, 5) is 0. The van der Waals surface area contributed by atoms with Crippen LogP contribution in [0.2, 0.25) is 6.04 Å². The van der Waals surface area contributed by atoms with Crippen molar-refractivity contribution >= 4 is 9.28 Å². The van der Waals surface area contributed by atoms with E-state index in [1.54, 1.807) is 0 Å². The summed E-state index contributed by atoms with van der Waals surface area (Å²) in [5, 5.41) is 0. The van der Waals surface area contributed by atoms with E-state index in [1.807, 2.05) is 13.8 Å². The zero-order valence-corrected chi connectivity index (χ0v) is 10.7. The molecule has 0 spiro atoms. The molecular weight excluding hydrogens is 182 g/mol. The smallest absolute Gasteiger partial charge is 0.321 e. The van der Waals surface area contributed by atoms with Crippen molar-refractivity contribution in [1.82, 2.24) is 0 Å². The first-order chi connectivity index (χ1) is 6.35. The lowest BCUT2D eigenvalue weighted by atomic mass is 10.4. The van der Waals surface area contributed by atoms with Crippen molar-refractivity contribution in [2.75, 3.05) is 20.3 Å². The molecule has 0 aliphatic rings. The van der Waals surface area contributed by atoms with Gasteiger partial charge in [0.2, 0.25) is 0 Å². The van der Waals surface area contributed by atoms with Gasteiger partial charge in [0.25, 0.3) is 0 Å². The highest BCUT2D eigenvalue weighted by Gasteiger charge is 2.09. The minimum atomic E-state index is -1.25. The first-order valence-corrected chi connectivity index (χ1v) is 6.91. The summed E-state index contributed by atoms with van der Waals surface area (Å²) in [6, 6.07) is 1.16. The molecule has 0 heterocycles. The van der Waals surface area contributed by atoms with Gasteiger partial charge in [0.15, 0.2) is 0 Å². The summed E-state index contributed by atoms with van der Waals surface area (Å²) in [6.45, 7) is 7.88. The number of hydrogen-bond donors (Lipinski definition) is 1. The Hall–Kier alpha value is 0.0969. The Labute approximate surface area is 84.5 Å². The second-order valence-electron chi connectivity index (χ2n) is 2.48. The predicted molar refractivity (Wildman–Crippen MR) is 60.2 cm³/mol. The van der Waals surface area contributed by atoms with Crippen LogP contribution < -0.4 is 5.73 Å². The molecule has 0 amide bonds. The molecule has 0 aromatic rings. The molecule has 82 valence electrons. The zero-order valence-electron chi connectivity index (χ0n) is 9.51. The molecule has 0 atom stereocenters. The van der Waals surface area contributed by atoms with E-state index >= 15 is 0 Å². The van der Waals surface area contributed by atoms with Gasteiger partial charge in [-0.15, -0.1) is 0 Å². The van der Waals surface area contributed by atoms with E-state index < -0.39 is 9.28 Å². The fraction of sp³-hybridized carbons (Fsp3) is 1.00.